The van der Waals surface area contributed by atoms with Crippen molar-refractivity contribution in [3.63, 3.8) is 0 Å². The van der Waals surface area contributed by atoms with E-state index in [9.17, 15) is 4.79 Å². The fraction of sp³-hybridized carbons (Fsp3) is 0.118. The maximum absolute atomic E-state index is 11.7. The summed E-state index contributed by atoms with van der Waals surface area (Å²) < 4.78 is 4.94. The second kappa shape index (κ2) is 7.24. The standard InChI is InChI=1S/C17H15NO2S2/c19-17(4-1-13-6-9-20-11-13)18-8-5-15-2-3-16(22-15)14-7-10-21-12-14/h1-4,6-7,9-12H,5,8H2,(H,18,19)/b4-1+. The van der Waals surface area contributed by atoms with Crippen molar-refractivity contribution in [1.29, 1.82) is 0 Å². The van der Waals surface area contributed by atoms with Gasteiger partial charge in [0.15, 0.2) is 0 Å². The zero-order valence-electron chi connectivity index (χ0n) is 11.8. The molecule has 0 aliphatic heterocycles. The highest BCUT2D eigenvalue weighted by atomic mass is 32.1. The molecule has 0 spiro atoms. The normalized spacial score (nSPS) is 11.1. The molecular formula is C17H15NO2S2. The van der Waals surface area contributed by atoms with E-state index in [0.29, 0.717) is 6.54 Å². The van der Waals surface area contributed by atoms with Crippen molar-refractivity contribution in [1.82, 2.24) is 5.32 Å². The maximum Gasteiger partial charge on any atom is 0.244 e. The molecule has 0 aliphatic carbocycles. The Kier molecular flexibility index (Phi) is 4.88. The molecule has 3 rings (SSSR count). The van der Waals surface area contributed by atoms with Gasteiger partial charge >= 0.3 is 0 Å². The van der Waals surface area contributed by atoms with Crippen molar-refractivity contribution in [3.05, 3.63) is 64.1 Å². The van der Waals surface area contributed by atoms with E-state index in [0.717, 1.165) is 12.0 Å². The van der Waals surface area contributed by atoms with Crippen LogP contribution < -0.4 is 5.32 Å². The van der Waals surface area contributed by atoms with Gasteiger partial charge in [-0.25, -0.2) is 0 Å². The van der Waals surface area contributed by atoms with Crippen LogP contribution in [0.3, 0.4) is 0 Å². The summed E-state index contributed by atoms with van der Waals surface area (Å²) in [7, 11) is 0. The Morgan fingerprint density at radius 2 is 2.23 bits per heavy atom. The lowest BCUT2D eigenvalue weighted by atomic mass is 10.2. The van der Waals surface area contributed by atoms with Crippen molar-refractivity contribution in [2.45, 2.75) is 6.42 Å². The fourth-order valence-electron chi connectivity index (χ4n) is 1.98. The molecule has 1 amide bonds. The van der Waals surface area contributed by atoms with Gasteiger partial charge in [0.05, 0.1) is 12.5 Å². The van der Waals surface area contributed by atoms with E-state index in [1.54, 1.807) is 47.3 Å². The molecular weight excluding hydrogens is 314 g/mol. The summed E-state index contributed by atoms with van der Waals surface area (Å²) in [6, 6.07) is 8.21. The average Bonchev–Trinajstić information content (AvgIpc) is 3.26. The number of rotatable bonds is 6. The first-order valence-electron chi connectivity index (χ1n) is 6.91. The number of furan rings is 1. The molecule has 112 valence electrons. The highest BCUT2D eigenvalue weighted by Crippen LogP contribution is 2.29. The van der Waals surface area contributed by atoms with Crippen LogP contribution in [0.1, 0.15) is 10.4 Å². The zero-order valence-corrected chi connectivity index (χ0v) is 13.5. The number of hydrogen-bond acceptors (Lipinski definition) is 4. The summed E-state index contributed by atoms with van der Waals surface area (Å²) in [5, 5.41) is 7.13. The van der Waals surface area contributed by atoms with E-state index in [2.05, 4.69) is 34.3 Å². The number of thiophene rings is 2. The molecule has 5 heteroatoms. The van der Waals surface area contributed by atoms with E-state index < -0.39 is 0 Å². The van der Waals surface area contributed by atoms with Gasteiger partial charge in [0.1, 0.15) is 0 Å². The molecule has 3 aromatic rings. The Morgan fingerprint density at radius 3 is 3.00 bits per heavy atom. The molecule has 0 aromatic carbocycles. The second-order valence-electron chi connectivity index (χ2n) is 4.71. The van der Waals surface area contributed by atoms with Crippen molar-refractivity contribution < 1.29 is 9.21 Å². The minimum Gasteiger partial charge on any atom is -0.472 e. The Morgan fingerprint density at radius 1 is 1.27 bits per heavy atom. The molecule has 22 heavy (non-hydrogen) atoms. The Bertz CT molecular complexity index is 740. The molecule has 0 aliphatic rings. The SMILES string of the molecule is O=C(/C=C/c1ccoc1)NCCc1ccc(-c2ccsc2)s1. The molecule has 0 bridgehead atoms. The van der Waals surface area contributed by atoms with Gasteiger partial charge in [0, 0.05) is 33.5 Å². The highest BCUT2D eigenvalue weighted by Gasteiger charge is 2.03. The molecule has 3 heterocycles. The van der Waals surface area contributed by atoms with Crippen LogP contribution in [0.2, 0.25) is 0 Å². The van der Waals surface area contributed by atoms with Gasteiger partial charge in [0.2, 0.25) is 5.91 Å². The largest absolute Gasteiger partial charge is 0.472 e. The van der Waals surface area contributed by atoms with E-state index >= 15 is 0 Å². The fourth-order valence-corrected chi connectivity index (χ4v) is 3.72. The van der Waals surface area contributed by atoms with Gasteiger partial charge in [-0.2, -0.15) is 11.3 Å². The second-order valence-corrected chi connectivity index (χ2v) is 6.66. The van der Waals surface area contributed by atoms with Crippen LogP contribution in [0, 0.1) is 0 Å². The summed E-state index contributed by atoms with van der Waals surface area (Å²) in [4.78, 5) is 14.3. The minimum atomic E-state index is -0.0872. The smallest absolute Gasteiger partial charge is 0.244 e. The topological polar surface area (TPSA) is 42.2 Å². The van der Waals surface area contributed by atoms with Gasteiger partial charge in [-0.15, -0.1) is 11.3 Å². The van der Waals surface area contributed by atoms with E-state index in [-0.39, 0.29) is 5.91 Å². The first-order valence-corrected chi connectivity index (χ1v) is 8.66. The zero-order chi connectivity index (χ0) is 15.2. The van der Waals surface area contributed by atoms with Gasteiger partial charge in [0.25, 0.3) is 0 Å². The number of nitrogens with one attached hydrogen (secondary N) is 1. The van der Waals surface area contributed by atoms with Crippen molar-refractivity contribution in [2.75, 3.05) is 6.54 Å². The van der Waals surface area contributed by atoms with Crippen molar-refractivity contribution in [2.24, 2.45) is 0 Å². The van der Waals surface area contributed by atoms with Crippen LogP contribution in [0.15, 0.2) is 58.0 Å². The molecule has 0 saturated heterocycles. The summed E-state index contributed by atoms with van der Waals surface area (Å²) in [5.74, 6) is -0.0872. The van der Waals surface area contributed by atoms with Crippen molar-refractivity contribution >= 4 is 34.7 Å². The predicted octanol–water partition coefficient (Wildman–Crippen LogP) is 4.44. The summed E-state index contributed by atoms with van der Waals surface area (Å²) in [6.45, 7) is 0.637. The van der Waals surface area contributed by atoms with Gasteiger partial charge in [-0.3, -0.25) is 4.79 Å². The van der Waals surface area contributed by atoms with Gasteiger partial charge in [-0.05, 0) is 47.5 Å². The predicted molar refractivity (Wildman–Crippen MR) is 92.1 cm³/mol. The number of carbonyl (C=O) groups excluding carboxylic acids is 1. The molecule has 0 saturated carbocycles. The van der Waals surface area contributed by atoms with Gasteiger partial charge < -0.3 is 9.73 Å². The number of carbonyl (C=O) groups is 1. The lowest BCUT2D eigenvalue weighted by Crippen LogP contribution is -2.23. The van der Waals surface area contributed by atoms with Crippen LogP contribution in [0.25, 0.3) is 16.5 Å². The number of amides is 1. The molecule has 3 nitrogen and oxygen atoms in total. The van der Waals surface area contributed by atoms with Gasteiger partial charge in [-0.1, -0.05) is 0 Å². The van der Waals surface area contributed by atoms with Crippen LogP contribution in [-0.4, -0.2) is 12.5 Å². The number of hydrogen-bond donors (Lipinski definition) is 1. The first-order chi connectivity index (χ1) is 10.8. The molecule has 0 radical (unpaired) electrons. The third kappa shape index (κ3) is 3.96. The lowest BCUT2D eigenvalue weighted by Gasteiger charge is -2.00. The molecule has 1 N–H and O–H groups in total. The van der Waals surface area contributed by atoms with E-state index in [1.807, 2.05) is 0 Å². The summed E-state index contributed by atoms with van der Waals surface area (Å²) in [5.41, 5.74) is 2.15. The van der Waals surface area contributed by atoms with Crippen LogP contribution in [0.5, 0.6) is 0 Å². The van der Waals surface area contributed by atoms with Crippen LogP contribution in [-0.2, 0) is 11.2 Å². The molecule has 3 aromatic heterocycles. The van der Waals surface area contributed by atoms with Crippen LogP contribution in [0.4, 0.5) is 0 Å². The Balaban J connectivity index is 1.46. The highest BCUT2D eigenvalue weighted by molar-refractivity contribution is 7.16. The third-order valence-corrected chi connectivity index (χ3v) is 4.99. The quantitative estimate of drug-likeness (QED) is 0.679. The summed E-state index contributed by atoms with van der Waals surface area (Å²) in [6.07, 6.45) is 7.29. The molecule has 0 atom stereocenters. The monoisotopic (exact) mass is 329 g/mol. The van der Waals surface area contributed by atoms with Crippen LogP contribution >= 0.6 is 22.7 Å². The average molecular weight is 329 g/mol. The van der Waals surface area contributed by atoms with E-state index in [4.69, 9.17) is 4.42 Å². The Hall–Kier alpha value is -2.11. The molecule has 0 fully saturated rings. The third-order valence-electron chi connectivity index (χ3n) is 3.11. The minimum absolute atomic E-state index is 0.0872. The maximum atomic E-state index is 11.7. The Labute approximate surface area is 136 Å². The van der Waals surface area contributed by atoms with Crippen molar-refractivity contribution in [3.8, 4) is 10.4 Å². The van der Waals surface area contributed by atoms with E-state index in [1.165, 1.54) is 21.4 Å². The lowest BCUT2D eigenvalue weighted by molar-refractivity contribution is -0.116. The first kappa shape index (κ1) is 14.8. The molecule has 0 unspecified atom stereocenters. The summed E-state index contributed by atoms with van der Waals surface area (Å²) >= 11 is 3.48.